The molecule has 0 fully saturated rings. The van der Waals surface area contributed by atoms with E-state index >= 15 is 0 Å². The largest absolute Gasteiger partial charge is 0.416 e. The molecule has 3 heteroatoms. The van der Waals surface area contributed by atoms with E-state index in [2.05, 4.69) is 41.2 Å². The van der Waals surface area contributed by atoms with Gasteiger partial charge in [0.1, 0.15) is 5.76 Å². The second kappa shape index (κ2) is 5.69. The van der Waals surface area contributed by atoms with E-state index < -0.39 is 0 Å². The van der Waals surface area contributed by atoms with Gasteiger partial charge in [-0.25, -0.2) is 0 Å². The predicted molar refractivity (Wildman–Crippen MR) is 69.4 cm³/mol. The lowest BCUT2D eigenvalue weighted by atomic mass is 9.62. The first-order valence-electron chi connectivity index (χ1n) is 6.00. The van der Waals surface area contributed by atoms with E-state index in [9.17, 15) is 0 Å². The van der Waals surface area contributed by atoms with E-state index in [-0.39, 0.29) is 10.8 Å². The van der Waals surface area contributed by atoms with Crippen molar-refractivity contribution >= 4 is 0 Å². The topological polar surface area (TPSA) is 61.3 Å². The smallest absolute Gasteiger partial charge is 0.122 e. The van der Waals surface area contributed by atoms with Crippen LogP contribution in [-0.4, -0.2) is 6.54 Å². The summed E-state index contributed by atoms with van der Waals surface area (Å²) in [6, 6.07) is 0. The van der Waals surface area contributed by atoms with Gasteiger partial charge in [0.2, 0.25) is 0 Å². The third-order valence-corrected chi connectivity index (χ3v) is 4.04. The first-order chi connectivity index (χ1) is 7.23. The Kier molecular flexibility index (Phi) is 5.50. The molecule has 0 aliphatic rings. The molecule has 0 amide bonds. The lowest BCUT2D eigenvalue weighted by Crippen LogP contribution is -2.39. The first kappa shape index (κ1) is 15.5. The minimum absolute atomic E-state index is 0.159. The third kappa shape index (κ3) is 3.22. The average Bonchev–Trinajstić information content (AvgIpc) is 2.23. The van der Waals surface area contributed by atoms with E-state index in [1.54, 1.807) is 0 Å². The molecule has 0 aliphatic carbocycles. The fourth-order valence-electron chi connectivity index (χ4n) is 2.49. The van der Waals surface area contributed by atoms with Crippen molar-refractivity contribution in [1.29, 1.82) is 0 Å². The maximum absolute atomic E-state index is 5.72. The molecule has 1 atom stereocenters. The van der Waals surface area contributed by atoms with Crippen molar-refractivity contribution in [3.63, 3.8) is 0 Å². The highest BCUT2D eigenvalue weighted by Gasteiger charge is 2.41. The van der Waals surface area contributed by atoms with Crippen molar-refractivity contribution in [3.8, 4) is 0 Å². The van der Waals surface area contributed by atoms with Gasteiger partial charge >= 0.3 is 0 Å². The molecule has 1 unspecified atom stereocenters. The van der Waals surface area contributed by atoms with Crippen LogP contribution in [0.4, 0.5) is 0 Å². The summed E-state index contributed by atoms with van der Waals surface area (Å²) in [6.45, 7) is 15.6. The molecule has 0 aliphatic heterocycles. The molecule has 0 bridgehead atoms. The highest BCUT2D eigenvalue weighted by Crippen LogP contribution is 2.47. The van der Waals surface area contributed by atoms with Crippen LogP contribution in [-0.2, 0) is 4.84 Å². The van der Waals surface area contributed by atoms with Gasteiger partial charge in [-0.05, 0) is 24.3 Å². The van der Waals surface area contributed by atoms with Crippen LogP contribution in [0.5, 0.6) is 0 Å². The number of hydrogen-bond acceptors (Lipinski definition) is 3. The normalized spacial score (nSPS) is 14.7. The molecule has 0 heterocycles. The fourth-order valence-corrected chi connectivity index (χ4v) is 2.49. The van der Waals surface area contributed by atoms with Crippen molar-refractivity contribution in [2.75, 3.05) is 6.54 Å². The van der Waals surface area contributed by atoms with Gasteiger partial charge in [0, 0.05) is 5.41 Å². The van der Waals surface area contributed by atoms with Crippen LogP contribution in [0, 0.1) is 16.7 Å². The Hall–Kier alpha value is -0.540. The van der Waals surface area contributed by atoms with Crippen molar-refractivity contribution in [3.05, 3.63) is 12.3 Å². The minimum Gasteiger partial charge on any atom is -0.416 e. The molecule has 0 rings (SSSR count). The summed E-state index contributed by atoms with van der Waals surface area (Å²) in [5.41, 5.74) is 5.76. The molecular weight excluding hydrogens is 200 g/mol. The Morgan fingerprint density at radius 1 is 1.31 bits per heavy atom. The molecule has 0 aromatic heterocycles. The Morgan fingerprint density at radius 2 is 1.81 bits per heavy atom. The molecule has 3 nitrogen and oxygen atoms in total. The van der Waals surface area contributed by atoms with E-state index in [0.29, 0.717) is 18.2 Å². The summed E-state index contributed by atoms with van der Waals surface area (Å²) < 4.78 is 0. The molecule has 0 spiro atoms. The van der Waals surface area contributed by atoms with E-state index in [1.165, 1.54) is 0 Å². The van der Waals surface area contributed by atoms with Crippen molar-refractivity contribution in [1.82, 2.24) is 0 Å². The second-order valence-corrected chi connectivity index (χ2v) is 5.73. The van der Waals surface area contributed by atoms with Crippen LogP contribution in [0.2, 0.25) is 0 Å². The van der Waals surface area contributed by atoms with Crippen LogP contribution in [0.3, 0.4) is 0 Å². The van der Waals surface area contributed by atoms with E-state index in [1.807, 2.05) is 0 Å². The molecule has 96 valence electrons. The van der Waals surface area contributed by atoms with E-state index in [0.717, 1.165) is 12.8 Å². The van der Waals surface area contributed by atoms with Gasteiger partial charge in [-0.15, -0.1) is 0 Å². The summed E-state index contributed by atoms with van der Waals surface area (Å²) in [6.07, 6.45) is 2.05. The quantitative estimate of drug-likeness (QED) is 0.520. The number of allylic oxidation sites excluding steroid dienone is 1. The highest BCUT2D eigenvalue weighted by atomic mass is 16.6. The summed E-state index contributed by atoms with van der Waals surface area (Å²) in [5, 5.41) is 0. The molecule has 16 heavy (non-hydrogen) atoms. The SMILES string of the molecule is C=C(ON)C(C)(C)C(CCN)C(C)(C)CC. The Labute approximate surface area is 100 Å². The number of hydrogen-bond donors (Lipinski definition) is 2. The summed E-state index contributed by atoms with van der Waals surface area (Å²) >= 11 is 0. The predicted octanol–water partition coefficient (Wildman–Crippen LogP) is 2.82. The van der Waals surface area contributed by atoms with Gasteiger partial charge in [-0.1, -0.05) is 47.6 Å². The first-order valence-corrected chi connectivity index (χ1v) is 6.00. The van der Waals surface area contributed by atoms with Gasteiger partial charge < -0.3 is 10.6 Å². The van der Waals surface area contributed by atoms with E-state index in [4.69, 9.17) is 16.5 Å². The van der Waals surface area contributed by atoms with Crippen molar-refractivity contribution in [2.45, 2.75) is 47.5 Å². The molecule has 0 aromatic carbocycles. The van der Waals surface area contributed by atoms with Gasteiger partial charge in [0.05, 0.1) is 0 Å². The second-order valence-electron chi connectivity index (χ2n) is 5.73. The number of rotatable bonds is 7. The standard InChI is InChI=1S/C13H28N2O/c1-7-12(3,4)11(8-9-14)13(5,6)10(2)16-15/h11H,2,7-9,14-15H2,1,3-6H3. The van der Waals surface area contributed by atoms with Crippen molar-refractivity contribution in [2.24, 2.45) is 28.4 Å². The third-order valence-electron chi connectivity index (χ3n) is 4.04. The van der Waals surface area contributed by atoms with Crippen LogP contribution < -0.4 is 11.6 Å². The molecule has 0 aromatic rings. The summed E-state index contributed by atoms with van der Waals surface area (Å²) in [4.78, 5) is 4.85. The Morgan fingerprint density at radius 3 is 2.12 bits per heavy atom. The zero-order chi connectivity index (χ0) is 13.0. The average molecular weight is 228 g/mol. The molecule has 0 saturated carbocycles. The lowest BCUT2D eigenvalue weighted by Gasteiger charge is -2.44. The molecule has 4 N–H and O–H groups in total. The highest BCUT2D eigenvalue weighted by molar-refractivity contribution is 5.05. The maximum Gasteiger partial charge on any atom is 0.122 e. The van der Waals surface area contributed by atoms with Gasteiger partial charge in [0.15, 0.2) is 0 Å². The summed E-state index contributed by atoms with van der Waals surface area (Å²) in [5.74, 6) is 6.29. The molecule has 0 radical (unpaired) electrons. The van der Waals surface area contributed by atoms with Crippen LogP contribution in [0.1, 0.15) is 47.5 Å². The summed E-state index contributed by atoms with van der Waals surface area (Å²) in [7, 11) is 0. The fraction of sp³-hybridized carbons (Fsp3) is 0.846. The van der Waals surface area contributed by atoms with Gasteiger partial charge in [-0.2, -0.15) is 5.90 Å². The van der Waals surface area contributed by atoms with Gasteiger partial charge in [0.25, 0.3) is 0 Å². The maximum atomic E-state index is 5.72. The minimum atomic E-state index is -0.159. The zero-order valence-electron chi connectivity index (χ0n) is 11.5. The molecule has 0 saturated heterocycles. The lowest BCUT2D eigenvalue weighted by molar-refractivity contribution is 0.0339. The van der Waals surface area contributed by atoms with Crippen LogP contribution >= 0.6 is 0 Å². The van der Waals surface area contributed by atoms with Crippen molar-refractivity contribution < 1.29 is 4.84 Å². The van der Waals surface area contributed by atoms with Crippen LogP contribution in [0.15, 0.2) is 12.3 Å². The Balaban J connectivity index is 5.11. The number of nitrogens with two attached hydrogens (primary N) is 2. The van der Waals surface area contributed by atoms with Crippen LogP contribution in [0.25, 0.3) is 0 Å². The Bertz CT molecular complexity index is 234. The van der Waals surface area contributed by atoms with Gasteiger partial charge in [-0.3, -0.25) is 0 Å². The zero-order valence-corrected chi connectivity index (χ0v) is 11.5. The monoisotopic (exact) mass is 228 g/mol. The molecular formula is C13H28N2O.